The van der Waals surface area contributed by atoms with E-state index in [9.17, 15) is 26.9 Å². The average Bonchev–Trinajstić information content (AvgIpc) is 3.75. The van der Waals surface area contributed by atoms with E-state index >= 15 is 0 Å². The van der Waals surface area contributed by atoms with Crippen molar-refractivity contribution in [2.75, 3.05) is 0 Å². The Hall–Kier alpha value is -3.63. The van der Waals surface area contributed by atoms with E-state index in [-0.39, 0.29) is 51.1 Å². The second-order valence-electron chi connectivity index (χ2n) is 8.69. The smallest absolute Gasteiger partial charge is 0.434 e. The van der Waals surface area contributed by atoms with E-state index < -0.39 is 22.0 Å². The molecule has 13 heteroatoms. The first-order valence-electron chi connectivity index (χ1n) is 11.1. The molecule has 0 radical (unpaired) electrons. The van der Waals surface area contributed by atoms with Gasteiger partial charge < -0.3 is 4.74 Å². The highest BCUT2D eigenvalue weighted by molar-refractivity contribution is 7.89. The lowest BCUT2D eigenvalue weighted by Crippen LogP contribution is -2.26. The van der Waals surface area contributed by atoms with Crippen LogP contribution in [0.5, 0.6) is 11.6 Å². The minimum absolute atomic E-state index is 0.0538. The number of halogens is 3. The van der Waals surface area contributed by atoms with Crippen LogP contribution in [0, 0.1) is 18.3 Å². The van der Waals surface area contributed by atoms with E-state index in [0.717, 1.165) is 0 Å². The van der Waals surface area contributed by atoms with Crippen LogP contribution in [0.4, 0.5) is 13.2 Å². The highest BCUT2D eigenvalue weighted by Gasteiger charge is 2.39. The maximum absolute atomic E-state index is 13.3. The Bertz CT molecular complexity index is 1500. The van der Waals surface area contributed by atoms with Crippen molar-refractivity contribution in [3.05, 3.63) is 53.4 Å². The van der Waals surface area contributed by atoms with E-state index in [2.05, 4.69) is 24.7 Å². The van der Waals surface area contributed by atoms with E-state index in [1.165, 1.54) is 37.5 Å². The number of hydrogen-bond acceptors (Lipinski definition) is 8. The van der Waals surface area contributed by atoms with Gasteiger partial charge in [-0.25, -0.2) is 28.1 Å². The molecule has 3 heterocycles. The maximum atomic E-state index is 13.3. The van der Waals surface area contributed by atoms with Crippen LogP contribution < -0.4 is 9.46 Å². The predicted octanol–water partition coefficient (Wildman–Crippen LogP) is 4.24. The first-order valence-corrected chi connectivity index (χ1v) is 12.6. The standard InChI is InChI=1S/C23H19F3N6O3S/c1-12-20(19(14-2-3-14)31-22(29-12)23(24,25)26)35-21-18(36(33,34)32-16-4-5-16)7-6-17(30-21)15-8-13(9-27)10-28-11-15/h6-8,10-11,14,16,32H,2-5H2,1H3. The van der Waals surface area contributed by atoms with Crippen molar-refractivity contribution in [2.45, 2.75) is 55.6 Å². The third-order valence-corrected chi connectivity index (χ3v) is 7.19. The number of hydrogen-bond donors (Lipinski definition) is 1. The lowest BCUT2D eigenvalue weighted by molar-refractivity contribution is -0.145. The summed E-state index contributed by atoms with van der Waals surface area (Å²) in [7, 11) is -4.05. The summed E-state index contributed by atoms with van der Waals surface area (Å²) >= 11 is 0. The van der Waals surface area contributed by atoms with Crippen LogP contribution in [-0.2, 0) is 16.2 Å². The van der Waals surface area contributed by atoms with E-state index in [0.29, 0.717) is 31.2 Å². The van der Waals surface area contributed by atoms with Crippen LogP contribution in [-0.4, -0.2) is 34.4 Å². The zero-order valence-electron chi connectivity index (χ0n) is 18.9. The topological polar surface area (TPSA) is 131 Å². The van der Waals surface area contributed by atoms with Crippen LogP contribution in [0.1, 0.15) is 54.4 Å². The summed E-state index contributed by atoms with van der Waals surface area (Å²) in [5.74, 6) is -1.93. The third-order valence-electron chi connectivity index (χ3n) is 5.65. The highest BCUT2D eigenvalue weighted by Crippen LogP contribution is 2.46. The molecule has 2 aliphatic rings. The third kappa shape index (κ3) is 5.00. The van der Waals surface area contributed by atoms with Crippen LogP contribution in [0.25, 0.3) is 11.3 Å². The number of aryl methyl sites for hydroxylation is 1. The minimum Gasteiger partial charge on any atom is -0.434 e. The number of pyridine rings is 2. The number of aromatic nitrogens is 4. The van der Waals surface area contributed by atoms with Crippen LogP contribution in [0.15, 0.2) is 35.5 Å². The van der Waals surface area contributed by atoms with Gasteiger partial charge in [0.15, 0.2) is 5.75 Å². The van der Waals surface area contributed by atoms with Crippen LogP contribution >= 0.6 is 0 Å². The summed E-state index contributed by atoms with van der Waals surface area (Å²) in [5.41, 5.74) is 0.942. The van der Waals surface area contributed by atoms with Crippen molar-refractivity contribution in [3.63, 3.8) is 0 Å². The summed E-state index contributed by atoms with van der Waals surface area (Å²) in [5, 5.41) is 9.18. The molecule has 5 rings (SSSR count). The van der Waals surface area contributed by atoms with Crippen molar-refractivity contribution in [2.24, 2.45) is 0 Å². The molecule has 3 aromatic heterocycles. The molecule has 0 spiro atoms. The fourth-order valence-corrected chi connectivity index (χ4v) is 4.93. The molecule has 0 atom stereocenters. The van der Waals surface area contributed by atoms with Gasteiger partial charge in [0.05, 0.1) is 22.6 Å². The number of ether oxygens (including phenoxy) is 1. The van der Waals surface area contributed by atoms with Crippen molar-refractivity contribution < 1.29 is 26.3 Å². The molecule has 0 unspecified atom stereocenters. The van der Waals surface area contributed by atoms with Gasteiger partial charge in [-0.3, -0.25) is 4.98 Å². The fraction of sp³-hybridized carbons (Fsp3) is 0.348. The molecule has 2 saturated carbocycles. The normalized spacial score (nSPS) is 16.0. The van der Waals surface area contributed by atoms with Gasteiger partial charge in [-0.2, -0.15) is 18.4 Å². The number of nitriles is 1. The summed E-state index contributed by atoms with van der Waals surface area (Å²) in [6.07, 6.45) is 0.718. The molecule has 3 aromatic rings. The zero-order valence-corrected chi connectivity index (χ0v) is 19.7. The quantitative estimate of drug-likeness (QED) is 0.493. The molecule has 0 bridgehead atoms. The van der Waals surface area contributed by atoms with Crippen LogP contribution in [0.3, 0.4) is 0 Å². The van der Waals surface area contributed by atoms with E-state index in [4.69, 9.17) is 4.74 Å². The Balaban J connectivity index is 1.63. The number of rotatable bonds is 7. The Kier molecular flexibility index (Phi) is 5.88. The summed E-state index contributed by atoms with van der Waals surface area (Å²) in [4.78, 5) is 15.4. The Morgan fingerprint density at radius 1 is 1.11 bits per heavy atom. The molecule has 9 nitrogen and oxygen atoms in total. The predicted molar refractivity (Wildman–Crippen MR) is 119 cm³/mol. The van der Waals surface area contributed by atoms with E-state index in [1.807, 2.05) is 6.07 Å². The summed E-state index contributed by atoms with van der Waals surface area (Å²) in [6.45, 7) is 1.35. The summed E-state index contributed by atoms with van der Waals surface area (Å²) < 4.78 is 74.7. The number of nitrogens with zero attached hydrogens (tertiary/aromatic N) is 5. The Morgan fingerprint density at radius 3 is 2.50 bits per heavy atom. The zero-order chi connectivity index (χ0) is 25.7. The van der Waals surface area contributed by atoms with E-state index in [1.54, 1.807) is 0 Å². The molecule has 0 amide bonds. The molecule has 36 heavy (non-hydrogen) atoms. The van der Waals surface area contributed by atoms with Crippen molar-refractivity contribution in [3.8, 4) is 29.0 Å². The lowest BCUT2D eigenvalue weighted by atomic mass is 10.1. The molecule has 186 valence electrons. The van der Waals surface area contributed by atoms with Gasteiger partial charge in [-0.15, -0.1) is 0 Å². The van der Waals surface area contributed by atoms with Gasteiger partial charge in [0.2, 0.25) is 21.7 Å². The van der Waals surface area contributed by atoms with Gasteiger partial charge in [-0.05, 0) is 50.8 Å². The van der Waals surface area contributed by atoms with Crippen LogP contribution in [0.2, 0.25) is 0 Å². The molecule has 0 saturated heterocycles. The van der Waals surface area contributed by atoms with Gasteiger partial charge in [0.1, 0.15) is 11.0 Å². The van der Waals surface area contributed by atoms with Gasteiger partial charge in [0, 0.05) is 29.9 Å². The van der Waals surface area contributed by atoms with Crippen molar-refractivity contribution >= 4 is 10.0 Å². The largest absolute Gasteiger partial charge is 0.451 e. The second-order valence-corrected chi connectivity index (χ2v) is 10.4. The highest BCUT2D eigenvalue weighted by atomic mass is 32.2. The fourth-order valence-electron chi connectivity index (χ4n) is 3.56. The molecule has 2 fully saturated rings. The first-order chi connectivity index (χ1) is 17.0. The molecular formula is C23H19F3N6O3S. The molecule has 2 aliphatic carbocycles. The number of sulfonamides is 1. The molecule has 0 aromatic carbocycles. The SMILES string of the molecule is Cc1nc(C(F)(F)F)nc(C2CC2)c1Oc1nc(-c2cncc(C#N)c2)ccc1S(=O)(=O)NC1CC1. The van der Waals surface area contributed by atoms with Crippen molar-refractivity contribution in [1.29, 1.82) is 5.26 Å². The lowest BCUT2D eigenvalue weighted by Gasteiger charge is -2.17. The van der Waals surface area contributed by atoms with Gasteiger partial charge in [0.25, 0.3) is 0 Å². The monoisotopic (exact) mass is 516 g/mol. The van der Waals surface area contributed by atoms with Gasteiger partial charge in [-0.1, -0.05) is 0 Å². The second kappa shape index (κ2) is 8.79. The van der Waals surface area contributed by atoms with Gasteiger partial charge >= 0.3 is 6.18 Å². The number of alkyl halides is 3. The van der Waals surface area contributed by atoms with Crippen molar-refractivity contribution in [1.82, 2.24) is 24.7 Å². The molecular weight excluding hydrogens is 497 g/mol. The molecule has 1 N–H and O–H groups in total. The first kappa shape index (κ1) is 24.1. The Morgan fingerprint density at radius 2 is 1.86 bits per heavy atom. The maximum Gasteiger partial charge on any atom is 0.451 e. The Labute approximate surface area is 204 Å². The summed E-state index contributed by atoms with van der Waals surface area (Å²) in [6, 6.07) is 6.05. The number of nitrogens with one attached hydrogen (secondary N) is 1. The minimum atomic E-state index is -4.74. The molecule has 0 aliphatic heterocycles. The average molecular weight is 517 g/mol.